The van der Waals surface area contributed by atoms with Crippen LogP contribution < -0.4 is 5.32 Å². The van der Waals surface area contributed by atoms with E-state index in [2.05, 4.69) is 10.2 Å². The van der Waals surface area contributed by atoms with Gasteiger partial charge in [-0.3, -0.25) is 19.3 Å². The fourth-order valence-corrected chi connectivity index (χ4v) is 5.97. The van der Waals surface area contributed by atoms with Crippen molar-refractivity contribution in [1.82, 2.24) is 20.1 Å². The molecule has 1 saturated heterocycles. The van der Waals surface area contributed by atoms with Crippen LogP contribution in [-0.4, -0.2) is 63.9 Å². The first-order chi connectivity index (χ1) is 21.1. The number of para-hydroxylation sites is 1. The molecule has 0 radical (unpaired) electrons. The van der Waals surface area contributed by atoms with Gasteiger partial charge in [0.15, 0.2) is 0 Å². The van der Waals surface area contributed by atoms with Crippen LogP contribution in [0.3, 0.4) is 0 Å². The van der Waals surface area contributed by atoms with E-state index in [-0.39, 0.29) is 30.7 Å². The second kappa shape index (κ2) is 13.4. The number of aliphatic carboxylic acids is 1. The molecule has 1 atom stereocenters. The highest BCUT2D eigenvalue weighted by Gasteiger charge is 2.31. The van der Waals surface area contributed by atoms with Crippen molar-refractivity contribution in [3.05, 3.63) is 102 Å². The minimum Gasteiger partial charge on any atom is -0.481 e. The van der Waals surface area contributed by atoms with Gasteiger partial charge in [-0.15, -0.1) is 0 Å². The average Bonchev–Trinajstić information content (AvgIpc) is 3.01. The predicted molar refractivity (Wildman–Crippen MR) is 172 cm³/mol. The summed E-state index contributed by atoms with van der Waals surface area (Å²) in [4.78, 5) is 47.7. The SMILES string of the molecule is C[C@H](NC(=O)c1c(CN2CCN(C(=O)CC(C)(C)CC(=O)O)CC2)c(-c2ccccc2)nc2ccccc12)c1ccccc1. The maximum absolute atomic E-state index is 14.2. The van der Waals surface area contributed by atoms with E-state index in [1.54, 1.807) is 0 Å². The van der Waals surface area contributed by atoms with Crippen molar-refractivity contribution in [1.29, 1.82) is 0 Å². The molecule has 1 fully saturated rings. The standard InChI is InChI=1S/C36H40N4O4/c1-25(26-12-6-4-7-13-26)37-35(44)33-28-16-10-11-17-30(28)38-34(27-14-8-5-9-15-27)29(33)24-39-18-20-40(21-19-39)31(41)22-36(2,3)23-32(42)43/h4-17,25H,18-24H2,1-3H3,(H,37,44)(H,42,43)/t25-/m0/s1. The van der Waals surface area contributed by atoms with Gasteiger partial charge in [-0.25, -0.2) is 4.98 Å². The quantitative estimate of drug-likeness (QED) is 0.237. The first-order valence-electron chi connectivity index (χ1n) is 15.2. The van der Waals surface area contributed by atoms with E-state index < -0.39 is 11.4 Å². The normalized spacial score (nSPS) is 14.8. The summed E-state index contributed by atoms with van der Waals surface area (Å²) in [5.41, 5.74) is 4.36. The minimum absolute atomic E-state index is 0.0248. The van der Waals surface area contributed by atoms with Crippen LogP contribution in [0.1, 0.15) is 61.1 Å². The predicted octanol–water partition coefficient (Wildman–Crippen LogP) is 5.93. The molecule has 1 aromatic heterocycles. The number of nitrogens with zero attached hydrogens (tertiary/aromatic N) is 3. The van der Waals surface area contributed by atoms with E-state index in [1.807, 2.05) is 111 Å². The van der Waals surface area contributed by atoms with Crippen LogP contribution in [0.25, 0.3) is 22.2 Å². The molecule has 0 spiro atoms. The molecule has 8 heteroatoms. The van der Waals surface area contributed by atoms with E-state index in [9.17, 15) is 19.5 Å². The molecule has 0 bridgehead atoms. The van der Waals surface area contributed by atoms with Gasteiger partial charge in [-0.1, -0.05) is 92.7 Å². The number of hydrogen-bond donors (Lipinski definition) is 2. The summed E-state index contributed by atoms with van der Waals surface area (Å²) in [6.45, 7) is 8.46. The molecule has 3 aromatic carbocycles. The molecule has 8 nitrogen and oxygen atoms in total. The van der Waals surface area contributed by atoms with Crippen molar-refractivity contribution < 1.29 is 19.5 Å². The van der Waals surface area contributed by atoms with E-state index >= 15 is 0 Å². The number of carbonyl (C=O) groups excluding carboxylic acids is 2. The number of carbonyl (C=O) groups is 3. The lowest BCUT2D eigenvalue weighted by molar-refractivity contribution is -0.141. The van der Waals surface area contributed by atoms with Gasteiger partial charge in [0.1, 0.15) is 0 Å². The van der Waals surface area contributed by atoms with Crippen LogP contribution in [0.15, 0.2) is 84.9 Å². The van der Waals surface area contributed by atoms with Crippen LogP contribution in [0.4, 0.5) is 0 Å². The number of carboxylic acid groups (broad SMARTS) is 1. The minimum atomic E-state index is -0.899. The summed E-state index contributed by atoms with van der Waals surface area (Å²) in [7, 11) is 0. The lowest BCUT2D eigenvalue weighted by Gasteiger charge is -2.36. The van der Waals surface area contributed by atoms with Gasteiger partial charge >= 0.3 is 5.97 Å². The molecule has 0 aliphatic carbocycles. The van der Waals surface area contributed by atoms with Crippen molar-refractivity contribution in [2.24, 2.45) is 5.41 Å². The molecule has 1 aliphatic rings. The van der Waals surface area contributed by atoms with Gasteiger partial charge in [-0.05, 0) is 24.0 Å². The number of benzene rings is 3. The molecule has 5 rings (SSSR count). The number of aromatic nitrogens is 1. The van der Waals surface area contributed by atoms with E-state index in [1.165, 1.54) is 0 Å². The Kier molecular flexibility index (Phi) is 9.40. The highest BCUT2D eigenvalue weighted by Crippen LogP contribution is 2.32. The number of carboxylic acids is 1. The molecular formula is C36H40N4O4. The zero-order valence-corrected chi connectivity index (χ0v) is 25.6. The summed E-state index contributed by atoms with van der Waals surface area (Å²) in [5.74, 6) is -1.08. The third-order valence-electron chi connectivity index (χ3n) is 8.28. The Bertz CT molecular complexity index is 1630. The van der Waals surface area contributed by atoms with E-state index in [4.69, 9.17) is 4.98 Å². The monoisotopic (exact) mass is 592 g/mol. The number of rotatable bonds is 10. The second-order valence-electron chi connectivity index (χ2n) is 12.4. The van der Waals surface area contributed by atoms with Crippen molar-refractivity contribution >= 4 is 28.7 Å². The molecule has 2 heterocycles. The average molecular weight is 593 g/mol. The molecule has 2 N–H and O–H groups in total. The number of pyridine rings is 1. The van der Waals surface area contributed by atoms with Crippen LogP contribution in [0, 0.1) is 5.41 Å². The van der Waals surface area contributed by atoms with Gasteiger partial charge < -0.3 is 15.3 Å². The Labute approximate surface area is 258 Å². The molecule has 4 aromatic rings. The summed E-state index contributed by atoms with van der Waals surface area (Å²) in [6, 6.07) is 27.5. The lowest BCUT2D eigenvalue weighted by atomic mass is 9.85. The van der Waals surface area contributed by atoms with Gasteiger partial charge in [0.05, 0.1) is 29.2 Å². The molecular weight excluding hydrogens is 552 g/mol. The fraction of sp³-hybridized carbons (Fsp3) is 0.333. The number of hydrogen-bond acceptors (Lipinski definition) is 5. The van der Waals surface area contributed by atoms with Gasteiger partial charge in [0, 0.05) is 55.7 Å². The fourth-order valence-electron chi connectivity index (χ4n) is 5.97. The first kappa shape index (κ1) is 30.9. The molecule has 1 aliphatic heterocycles. The molecule has 0 saturated carbocycles. The third kappa shape index (κ3) is 7.32. The van der Waals surface area contributed by atoms with Crippen molar-refractivity contribution in [3.63, 3.8) is 0 Å². The van der Waals surface area contributed by atoms with E-state index in [0.717, 1.165) is 33.3 Å². The van der Waals surface area contributed by atoms with Crippen LogP contribution in [0.2, 0.25) is 0 Å². The zero-order chi connectivity index (χ0) is 31.3. The van der Waals surface area contributed by atoms with Gasteiger partial charge in [0.2, 0.25) is 5.91 Å². The van der Waals surface area contributed by atoms with E-state index in [0.29, 0.717) is 38.3 Å². The summed E-state index contributed by atoms with van der Waals surface area (Å²) in [5, 5.41) is 13.3. The largest absolute Gasteiger partial charge is 0.481 e. The second-order valence-corrected chi connectivity index (χ2v) is 12.4. The Balaban J connectivity index is 1.45. The van der Waals surface area contributed by atoms with Crippen LogP contribution in [-0.2, 0) is 16.1 Å². The molecule has 228 valence electrons. The number of amides is 2. The molecule has 44 heavy (non-hydrogen) atoms. The Hall–Kier alpha value is -4.56. The third-order valence-corrected chi connectivity index (χ3v) is 8.28. The lowest BCUT2D eigenvalue weighted by Crippen LogP contribution is -2.49. The van der Waals surface area contributed by atoms with Gasteiger partial charge in [0.25, 0.3) is 5.91 Å². The molecule has 2 amide bonds. The highest BCUT2D eigenvalue weighted by molar-refractivity contribution is 6.09. The van der Waals surface area contributed by atoms with Crippen LogP contribution in [0.5, 0.6) is 0 Å². The topological polar surface area (TPSA) is 103 Å². The smallest absolute Gasteiger partial charge is 0.303 e. The van der Waals surface area contributed by atoms with Crippen molar-refractivity contribution in [2.45, 2.75) is 46.2 Å². The van der Waals surface area contributed by atoms with Crippen molar-refractivity contribution in [2.75, 3.05) is 26.2 Å². The highest BCUT2D eigenvalue weighted by atomic mass is 16.4. The Morgan fingerprint density at radius 2 is 1.48 bits per heavy atom. The summed E-state index contributed by atoms with van der Waals surface area (Å²) in [6.07, 6.45) is 0.139. The summed E-state index contributed by atoms with van der Waals surface area (Å²) >= 11 is 0. The zero-order valence-electron chi connectivity index (χ0n) is 25.6. The first-order valence-corrected chi connectivity index (χ1v) is 15.2. The van der Waals surface area contributed by atoms with Crippen LogP contribution >= 0.6 is 0 Å². The van der Waals surface area contributed by atoms with Crippen molar-refractivity contribution in [3.8, 4) is 11.3 Å². The molecule has 0 unspecified atom stereocenters. The maximum atomic E-state index is 14.2. The Morgan fingerprint density at radius 3 is 2.14 bits per heavy atom. The Morgan fingerprint density at radius 1 is 0.864 bits per heavy atom. The maximum Gasteiger partial charge on any atom is 0.303 e. The number of fused-ring (bicyclic) bond motifs is 1. The van der Waals surface area contributed by atoms with Gasteiger partial charge in [-0.2, -0.15) is 0 Å². The number of nitrogens with one attached hydrogen (secondary N) is 1. The number of piperazine rings is 1. The summed E-state index contributed by atoms with van der Waals surface area (Å²) < 4.78 is 0.